The first-order valence-corrected chi connectivity index (χ1v) is 8.24. The number of rotatable bonds is 4. The molecule has 0 aliphatic carbocycles. The van der Waals surface area contributed by atoms with Crippen molar-refractivity contribution in [3.05, 3.63) is 63.6 Å². The fourth-order valence-electron chi connectivity index (χ4n) is 2.28. The van der Waals surface area contributed by atoms with Gasteiger partial charge in [0.15, 0.2) is 0 Å². The zero-order valence-electron chi connectivity index (χ0n) is 11.4. The number of alkyl halides is 1. The Labute approximate surface area is 138 Å². The number of benzene rings is 2. The minimum Gasteiger partial charge on any atom is -0.366 e. The van der Waals surface area contributed by atoms with Crippen LogP contribution in [0.2, 0.25) is 10.0 Å². The molecule has 0 heterocycles. The molecule has 2 aromatic carbocycles. The molecule has 0 N–H and O–H groups in total. The Kier molecular flexibility index (Phi) is 5.36. The summed E-state index contributed by atoms with van der Waals surface area (Å²) in [6, 6.07) is 14.0. The fourth-order valence-corrected chi connectivity index (χ4v) is 3.35. The minimum atomic E-state index is 0.140. The van der Waals surface area contributed by atoms with E-state index in [1.807, 2.05) is 43.4 Å². The van der Waals surface area contributed by atoms with Crippen molar-refractivity contribution >= 4 is 44.8 Å². The van der Waals surface area contributed by atoms with Gasteiger partial charge < -0.3 is 4.90 Å². The first kappa shape index (κ1) is 15.7. The molecule has 0 radical (unpaired) electrons. The standard InChI is InChI=1S/C16H16BrCl2N/c1-11(13-7-3-4-8-14(13)18)20(2)16-12(10-17)6-5-9-15(16)19/h3-9,11H,10H2,1-2H3. The molecular formula is C16H16BrCl2N. The Morgan fingerprint density at radius 1 is 1.05 bits per heavy atom. The summed E-state index contributed by atoms with van der Waals surface area (Å²) < 4.78 is 0. The van der Waals surface area contributed by atoms with E-state index in [0.29, 0.717) is 0 Å². The fraction of sp³-hybridized carbons (Fsp3) is 0.250. The van der Waals surface area contributed by atoms with Crippen molar-refractivity contribution in [1.29, 1.82) is 0 Å². The summed E-state index contributed by atoms with van der Waals surface area (Å²) in [6.45, 7) is 2.13. The van der Waals surface area contributed by atoms with Gasteiger partial charge in [0.1, 0.15) is 0 Å². The lowest BCUT2D eigenvalue weighted by Gasteiger charge is -2.30. The normalized spacial score (nSPS) is 12.2. The maximum atomic E-state index is 6.38. The highest BCUT2D eigenvalue weighted by atomic mass is 79.9. The number of para-hydroxylation sites is 1. The van der Waals surface area contributed by atoms with E-state index in [1.54, 1.807) is 0 Å². The molecule has 0 aliphatic rings. The van der Waals surface area contributed by atoms with Gasteiger partial charge in [-0.25, -0.2) is 0 Å². The number of halogens is 3. The molecule has 106 valence electrons. The van der Waals surface area contributed by atoms with Crippen LogP contribution in [-0.4, -0.2) is 7.05 Å². The molecule has 1 atom stereocenters. The molecule has 0 fully saturated rings. The number of hydrogen-bond donors (Lipinski definition) is 0. The summed E-state index contributed by atoms with van der Waals surface area (Å²) in [6.07, 6.45) is 0. The lowest BCUT2D eigenvalue weighted by Crippen LogP contribution is -2.23. The predicted molar refractivity (Wildman–Crippen MR) is 92.4 cm³/mol. The second-order valence-corrected chi connectivity index (χ2v) is 6.06. The van der Waals surface area contributed by atoms with Gasteiger partial charge >= 0.3 is 0 Å². The lowest BCUT2D eigenvalue weighted by atomic mass is 10.1. The summed E-state index contributed by atoms with van der Waals surface area (Å²) in [5.74, 6) is 0. The average Bonchev–Trinajstić information content (AvgIpc) is 2.46. The third-order valence-corrected chi connectivity index (χ3v) is 4.76. The summed E-state index contributed by atoms with van der Waals surface area (Å²) in [5, 5.41) is 2.30. The van der Waals surface area contributed by atoms with Gasteiger partial charge in [0.05, 0.1) is 16.8 Å². The molecule has 0 spiro atoms. The number of nitrogens with zero attached hydrogens (tertiary/aromatic N) is 1. The summed E-state index contributed by atoms with van der Waals surface area (Å²) in [4.78, 5) is 2.17. The third-order valence-electron chi connectivity index (χ3n) is 3.50. The van der Waals surface area contributed by atoms with Crippen LogP contribution in [0.1, 0.15) is 24.1 Å². The van der Waals surface area contributed by atoms with E-state index in [0.717, 1.165) is 26.6 Å². The predicted octanol–water partition coefficient (Wildman–Crippen LogP) is 6.09. The van der Waals surface area contributed by atoms with Gasteiger partial charge in [-0.1, -0.05) is 69.5 Å². The minimum absolute atomic E-state index is 0.140. The van der Waals surface area contributed by atoms with Gasteiger partial charge in [0.2, 0.25) is 0 Å². The molecule has 0 aliphatic heterocycles. The van der Waals surface area contributed by atoms with Gasteiger partial charge in [-0.15, -0.1) is 0 Å². The lowest BCUT2D eigenvalue weighted by molar-refractivity contribution is 0.737. The van der Waals surface area contributed by atoms with E-state index in [2.05, 4.69) is 33.8 Å². The van der Waals surface area contributed by atoms with E-state index in [1.165, 1.54) is 5.56 Å². The van der Waals surface area contributed by atoms with Crippen LogP contribution in [0.3, 0.4) is 0 Å². The highest BCUT2D eigenvalue weighted by Gasteiger charge is 2.19. The van der Waals surface area contributed by atoms with Crippen LogP contribution in [0.15, 0.2) is 42.5 Å². The zero-order valence-corrected chi connectivity index (χ0v) is 14.5. The van der Waals surface area contributed by atoms with Crippen molar-refractivity contribution in [3.63, 3.8) is 0 Å². The SMILES string of the molecule is CC(c1ccccc1Cl)N(C)c1c(Cl)cccc1CBr. The van der Waals surface area contributed by atoms with Crippen molar-refractivity contribution < 1.29 is 0 Å². The van der Waals surface area contributed by atoms with Crippen LogP contribution in [0, 0.1) is 0 Å². The molecule has 0 saturated carbocycles. The van der Waals surface area contributed by atoms with Crippen LogP contribution < -0.4 is 4.90 Å². The number of anilines is 1. The molecule has 20 heavy (non-hydrogen) atoms. The molecule has 0 amide bonds. The molecule has 0 aromatic heterocycles. The van der Waals surface area contributed by atoms with Crippen molar-refractivity contribution in [3.8, 4) is 0 Å². The van der Waals surface area contributed by atoms with Gasteiger partial charge in [-0.05, 0) is 30.2 Å². The quantitative estimate of drug-likeness (QED) is 0.587. The van der Waals surface area contributed by atoms with Crippen molar-refractivity contribution in [2.75, 3.05) is 11.9 Å². The van der Waals surface area contributed by atoms with Crippen molar-refractivity contribution in [2.24, 2.45) is 0 Å². The zero-order chi connectivity index (χ0) is 14.7. The van der Waals surface area contributed by atoms with Crippen LogP contribution in [0.25, 0.3) is 0 Å². The second kappa shape index (κ2) is 6.84. The summed E-state index contributed by atoms with van der Waals surface area (Å²) in [5.41, 5.74) is 3.30. The largest absolute Gasteiger partial charge is 0.366 e. The molecule has 4 heteroatoms. The summed E-state index contributed by atoms with van der Waals surface area (Å²) >= 11 is 16.2. The van der Waals surface area contributed by atoms with Crippen LogP contribution in [0.5, 0.6) is 0 Å². The van der Waals surface area contributed by atoms with Crippen LogP contribution in [0.4, 0.5) is 5.69 Å². The van der Waals surface area contributed by atoms with Gasteiger partial charge in [-0.2, -0.15) is 0 Å². The van der Waals surface area contributed by atoms with Gasteiger partial charge in [0, 0.05) is 17.4 Å². The Hall–Kier alpha value is -0.700. The van der Waals surface area contributed by atoms with E-state index in [4.69, 9.17) is 23.2 Å². The Morgan fingerprint density at radius 2 is 1.70 bits per heavy atom. The van der Waals surface area contributed by atoms with Crippen molar-refractivity contribution in [2.45, 2.75) is 18.3 Å². The smallest absolute Gasteiger partial charge is 0.0642 e. The number of hydrogen-bond acceptors (Lipinski definition) is 1. The van der Waals surface area contributed by atoms with Gasteiger partial charge in [0.25, 0.3) is 0 Å². The maximum Gasteiger partial charge on any atom is 0.0642 e. The molecule has 2 aromatic rings. The van der Waals surface area contributed by atoms with Crippen LogP contribution >= 0.6 is 39.1 Å². The van der Waals surface area contributed by atoms with E-state index in [9.17, 15) is 0 Å². The molecule has 1 nitrogen and oxygen atoms in total. The Balaban J connectivity index is 2.41. The average molecular weight is 373 g/mol. The molecule has 0 bridgehead atoms. The van der Waals surface area contributed by atoms with E-state index < -0.39 is 0 Å². The van der Waals surface area contributed by atoms with Crippen LogP contribution in [-0.2, 0) is 5.33 Å². The highest BCUT2D eigenvalue weighted by Crippen LogP contribution is 2.36. The maximum absolute atomic E-state index is 6.38. The van der Waals surface area contributed by atoms with Crippen molar-refractivity contribution in [1.82, 2.24) is 0 Å². The molecule has 0 saturated heterocycles. The monoisotopic (exact) mass is 371 g/mol. The first-order chi connectivity index (χ1) is 9.56. The first-order valence-electron chi connectivity index (χ1n) is 6.37. The topological polar surface area (TPSA) is 3.24 Å². The van der Waals surface area contributed by atoms with Gasteiger partial charge in [-0.3, -0.25) is 0 Å². The molecule has 2 rings (SSSR count). The summed E-state index contributed by atoms with van der Waals surface area (Å²) in [7, 11) is 2.04. The third kappa shape index (κ3) is 3.13. The second-order valence-electron chi connectivity index (χ2n) is 4.69. The Morgan fingerprint density at radius 3 is 2.35 bits per heavy atom. The molecule has 1 unspecified atom stereocenters. The Bertz CT molecular complexity index is 601. The highest BCUT2D eigenvalue weighted by molar-refractivity contribution is 9.08. The van der Waals surface area contributed by atoms with E-state index >= 15 is 0 Å². The molecular weight excluding hydrogens is 357 g/mol. The van der Waals surface area contributed by atoms with E-state index in [-0.39, 0.29) is 6.04 Å².